The van der Waals surface area contributed by atoms with E-state index < -0.39 is 0 Å². The first kappa shape index (κ1) is 10.6. The Labute approximate surface area is 93.6 Å². The average Bonchev–Trinajstić information content (AvgIpc) is 2.71. The fraction of sp³-hybridized carbons (Fsp3) is 0.600. The standard InChI is InChI=1S/C10H16N4S/c1-10(2-4-12-5-3-10)9(11)14-8-6-13-7-15-8/h6-7,12H,2-5H2,1H3,(H2,11,14). The first-order valence-corrected chi connectivity index (χ1v) is 6.04. The van der Waals surface area contributed by atoms with Crippen LogP contribution in [-0.2, 0) is 0 Å². The largest absolute Gasteiger partial charge is 0.334 e. The molecule has 2 heterocycles. The molecular weight excluding hydrogens is 208 g/mol. The van der Waals surface area contributed by atoms with Crippen LogP contribution in [0.5, 0.6) is 0 Å². The minimum Gasteiger partial charge on any atom is -0.334 e. The Kier molecular flexibility index (Phi) is 3.02. The van der Waals surface area contributed by atoms with E-state index in [0.717, 1.165) is 30.9 Å². The number of nitrogens with zero attached hydrogens (tertiary/aromatic N) is 1. The van der Waals surface area contributed by atoms with Gasteiger partial charge in [-0.3, -0.25) is 10.4 Å². The van der Waals surface area contributed by atoms with Gasteiger partial charge in [0.2, 0.25) is 0 Å². The lowest BCUT2D eigenvalue weighted by Gasteiger charge is -2.34. The normalized spacial score (nSPS) is 19.8. The number of nitrogens with one attached hydrogen (secondary N) is 3. The summed E-state index contributed by atoms with van der Waals surface area (Å²) in [6.45, 7) is 4.16. The number of aromatic nitrogens is 1. The summed E-state index contributed by atoms with van der Waals surface area (Å²) in [5.74, 6) is 0.619. The van der Waals surface area contributed by atoms with E-state index in [-0.39, 0.29) is 5.41 Å². The van der Waals surface area contributed by atoms with Crippen molar-refractivity contribution in [2.24, 2.45) is 5.41 Å². The van der Waals surface area contributed by atoms with Crippen LogP contribution in [0.1, 0.15) is 19.8 Å². The predicted molar refractivity (Wildman–Crippen MR) is 63.7 cm³/mol. The smallest absolute Gasteiger partial charge is 0.114 e. The molecule has 2 rings (SSSR count). The van der Waals surface area contributed by atoms with Gasteiger partial charge in [0.1, 0.15) is 10.8 Å². The van der Waals surface area contributed by atoms with Crippen molar-refractivity contribution >= 4 is 22.2 Å². The van der Waals surface area contributed by atoms with E-state index in [1.54, 1.807) is 11.7 Å². The van der Waals surface area contributed by atoms with Gasteiger partial charge in [-0.1, -0.05) is 6.92 Å². The molecule has 15 heavy (non-hydrogen) atoms. The Balaban J connectivity index is 2.00. The molecule has 1 aliphatic rings. The van der Waals surface area contributed by atoms with Crippen LogP contribution in [0.15, 0.2) is 11.7 Å². The fourth-order valence-electron chi connectivity index (χ4n) is 1.78. The molecule has 0 aliphatic carbocycles. The molecule has 5 heteroatoms. The third-order valence-electron chi connectivity index (χ3n) is 2.99. The van der Waals surface area contributed by atoms with Crippen molar-refractivity contribution in [1.82, 2.24) is 10.3 Å². The molecule has 0 unspecified atom stereocenters. The molecule has 4 nitrogen and oxygen atoms in total. The van der Waals surface area contributed by atoms with E-state index in [9.17, 15) is 0 Å². The lowest BCUT2D eigenvalue weighted by Crippen LogP contribution is -2.42. The summed E-state index contributed by atoms with van der Waals surface area (Å²) >= 11 is 1.54. The van der Waals surface area contributed by atoms with Crippen LogP contribution in [0.25, 0.3) is 0 Å². The van der Waals surface area contributed by atoms with Crippen molar-refractivity contribution < 1.29 is 0 Å². The molecule has 82 valence electrons. The van der Waals surface area contributed by atoms with Crippen LogP contribution in [0.2, 0.25) is 0 Å². The highest BCUT2D eigenvalue weighted by atomic mass is 32.1. The Morgan fingerprint density at radius 3 is 2.93 bits per heavy atom. The summed E-state index contributed by atoms with van der Waals surface area (Å²) in [4.78, 5) is 3.99. The lowest BCUT2D eigenvalue weighted by atomic mass is 9.80. The second-order valence-corrected chi connectivity index (χ2v) is 5.06. The molecule has 0 atom stereocenters. The fourth-order valence-corrected chi connectivity index (χ4v) is 2.30. The van der Waals surface area contributed by atoms with Gasteiger partial charge in [0, 0.05) is 5.41 Å². The molecule has 0 spiro atoms. The number of anilines is 1. The van der Waals surface area contributed by atoms with Gasteiger partial charge >= 0.3 is 0 Å². The van der Waals surface area contributed by atoms with Crippen molar-refractivity contribution in [3.63, 3.8) is 0 Å². The molecule has 0 radical (unpaired) electrons. The van der Waals surface area contributed by atoms with Crippen molar-refractivity contribution in [3.05, 3.63) is 11.7 Å². The van der Waals surface area contributed by atoms with Crippen molar-refractivity contribution in [1.29, 1.82) is 5.41 Å². The van der Waals surface area contributed by atoms with Gasteiger partial charge in [0.15, 0.2) is 0 Å². The quantitative estimate of drug-likeness (QED) is 0.531. The summed E-state index contributed by atoms with van der Waals surface area (Å²) in [7, 11) is 0. The Morgan fingerprint density at radius 2 is 2.33 bits per heavy atom. The first-order valence-electron chi connectivity index (χ1n) is 5.16. The number of hydrogen-bond acceptors (Lipinski definition) is 4. The number of amidine groups is 1. The van der Waals surface area contributed by atoms with Gasteiger partial charge in [0.25, 0.3) is 0 Å². The van der Waals surface area contributed by atoms with Crippen LogP contribution < -0.4 is 10.6 Å². The van der Waals surface area contributed by atoms with Crippen LogP contribution in [0, 0.1) is 10.8 Å². The maximum Gasteiger partial charge on any atom is 0.114 e. The minimum absolute atomic E-state index is 0.00472. The Hall–Kier alpha value is -0.940. The molecule has 1 aliphatic heterocycles. The number of thiazole rings is 1. The molecule has 1 aromatic rings. The van der Waals surface area contributed by atoms with Gasteiger partial charge < -0.3 is 10.6 Å². The third-order valence-corrected chi connectivity index (χ3v) is 3.68. The van der Waals surface area contributed by atoms with Crippen molar-refractivity contribution in [3.8, 4) is 0 Å². The van der Waals surface area contributed by atoms with E-state index in [1.165, 1.54) is 11.3 Å². The molecule has 0 amide bonds. The highest BCUT2D eigenvalue weighted by Gasteiger charge is 2.31. The van der Waals surface area contributed by atoms with E-state index in [1.807, 2.05) is 0 Å². The maximum absolute atomic E-state index is 8.10. The summed E-state index contributed by atoms with van der Waals surface area (Å²) in [5.41, 5.74) is 1.77. The first-order chi connectivity index (χ1) is 7.21. The second-order valence-electron chi connectivity index (χ2n) is 4.18. The molecule has 1 saturated heterocycles. The third kappa shape index (κ3) is 2.35. The van der Waals surface area contributed by atoms with Gasteiger partial charge in [-0.15, -0.1) is 11.3 Å². The van der Waals surface area contributed by atoms with Gasteiger partial charge in [-0.25, -0.2) is 0 Å². The van der Waals surface area contributed by atoms with Crippen LogP contribution in [-0.4, -0.2) is 23.9 Å². The molecule has 3 N–H and O–H groups in total. The molecule has 1 fully saturated rings. The van der Waals surface area contributed by atoms with Gasteiger partial charge in [-0.2, -0.15) is 0 Å². The number of piperidine rings is 1. The summed E-state index contributed by atoms with van der Waals surface area (Å²) < 4.78 is 0. The minimum atomic E-state index is -0.00472. The van der Waals surface area contributed by atoms with E-state index >= 15 is 0 Å². The SMILES string of the molecule is CC1(C(=N)Nc2cncs2)CCNCC1. The van der Waals surface area contributed by atoms with Gasteiger partial charge in [0.05, 0.1) is 11.7 Å². The summed E-state index contributed by atoms with van der Waals surface area (Å²) in [6, 6.07) is 0. The average molecular weight is 224 g/mol. The number of hydrogen-bond donors (Lipinski definition) is 3. The predicted octanol–water partition coefficient (Wildman–Crippen LogP) is 1.92. The molecule has 0 aromatic carbocycles. The number of rotatable bonds is 2. The van der Waals surface area contributed by atoms with Crippen LogP contribution >= 0.6 is 11.3 Å². The van der Waals surface area contributed by atoms with E-state index in [0.29, 0.717) is 5.84 Å². The molecular formula is C10H16N4S. The monoisotopic (exact) mass is 224 g/mol. The Morgan fingerprint density at radius 1 is 1.60 bits per heavy atom. The van der Waals surface area contributed by atoms with Crippen molar-refractivity contribution in [2.45, 2.75) is 19.8 Å². The van der Waals surface area contributed by atoms with Gasteiger partial charge in [-0.05, 0) is 25.9 Å². The highest BCUT2D eigenvalue weighted by Crippen LogP contribution is 2.30. The summed E-state index contributed by atoms with van der Waals surface area (Å²) in [5, 5.41) is 15.5. The molecule has 0 saturated carbocycles. The zero-order chi connectivity index (χ0) is 10.7. The van der Waals surface area contributed by atoms with Crippen LogP contribution in [0.3, 0.4) is 0 Å². The van der Waals surface area contributed by atoms with E-state index in [2.05, 4.69) is 22.5 Å². The molecule has 0 bridgehead atoms. The van der Waals surface area contributed by atoms with Crippen molar-refractivity contribution in [2.75, 3.05) is 18.4 Å². The van der Waals surface area contributed by atoms with Crippen LogP contribution in [0.4, 0.5) is 5.00 Å². The zero-order valence-corrected chi connectivity index (χ0v) is 9.66. The molecule has 1 aromatic heterocycles. The second kappa shape index (κ2) is 4.28. The lowest BCUT2D eigenvalue weighted by molar-refractivity contribution is 0.326. The summed E-state index contributed by atoms with van der Waals surface area (Å²) in [6.07, 6.45) is 3.82. The maximum atomic E-state index is 8.10. The highest BCUT2D eigenvalue weighted by molar-refractivity contribution is 7.14. The zero-order valence-electron chi connectivity index (χ0n) is 8.84. The topological polar surface area (TPSA) is 60.8 Å². The Bertz CT molecular complexity index is 327. The van der Waals surface area contributed by atoms with E-state index in [4.69, 9.17) is 5.41 Å².